The molecule has 0 aromatic carbocycles. The van der Waals surface area contributed by atoms with Gasteiger partial charge in [-0.05, 0) is 43.6 Å². The molecule has 0 amide bonds. The first-order valence-electron chi connectivity index (χ1n) is 9.23. The summed E-state index contributed by atoms with van der Waals surface area (Å²) in [5.74, 6) is 0.679. The Balaban J connectivity index is 3.29. The Morgan fingerprint density at radius 1 is 1.08 bits per heavy atom. The Morgan fingerprint density at radius 2 is 1.58 bits per heavy atom. The third-order valence-corrected chi connectivity index (χ3v) is 11.7. The lowest BCUT2D eigenvalue weighted by Crippen LogP contribution is -2.48. The van der Waals surface area contributed by atoms with Crippen LogP contribution in [0.4, 0.5) is 0 Å². The van der Waals surface area contributed by atoms with E-state index in [2.05, 4.69) is 60.5 Å². The van der Waals surface area contributed by atoms with E-state index in [-0.39, 0.29) is 5.97 Å². The van der Waals surface area contributed by atoms with Crippen LogP contribution >= 0.6 is 0 Å². The van der Waals surface area contributed by atoms with E-state index in [0.29, 0.717) is 29.1 Å². The van der Waals surface area contributed by atoms with Crippen LogP contribution in [-0.4, -0.2) is 46.4 Å². The smallest absolute Gasteiger partial charge is 0.337 e. The van der Waals surface area contributed by atoms with Crippen molar-refractivity contribution < 1.29 is 14.0 Å². The van der Waals surface area contributed by atoms with Crippen molar-refractivity contribution in [1.82, 2.24) is 4.90 Å². The van der Waals surface area contributed by atoms with Crippen molar-refractivity contribution in [1.29, 1.82) is 0 Å². The van der Waals surface area contributed by atoms with E-state index in [4.69, 9.17) is 9.16 Å². The van der Waals surface area contributed by atoms with Crippen molar-refractivity contribution in [3.63, 3.8) is 0 Å². The van der Waals surface area contributed by atoms with E-state index in [9.17, 15) is 4.79 Å². The molecule has 5 heteroatoms. The predicted octanol–water partition coefficient (Wildman–Crippen LogP) is 4.72. The monoisotopic (exact) mass is 355 g/mol. The summed E-state index contributed by atoms with van der Waals surface area (Å²) in [7, 11) is 3.56. The summed E-state index contributed by atoms with van der Waals surface area (Å²) < 4.78 is 11.9. The maximum Gasteiger partial charge on any atom is 0.337 e. The van der Waals surface area contributed by atoms with E-state index in [1.807, 2.05) is 0 Å². The standard InChI is InChI=1S/C19H37NO3Si/c1-13(2)24(14(3)4,15(5)6)23-18-11-10-16(20(7)8)12-17(18)19(21)22-9/h13-16H,10-12H2,1-9H3. The lowest BCUT2D eigenvalue weighted by Gasteiger charge is -2.44. The fraction of sp³-hybridized carbons (Fsp3) is 0.842. The molecular weight excluding hydrogens is 318 g/mol. The summed E-state index contributed by atoms with van der Waals surface area (Å²) in [4.78, 5) is 14.6. The van der Waals surface area contributed by atoms with Gasteiger partial charge in [-0.15, -0.1) is 0 Å². The highest BCUT2D eigenvalue weighted by molar-refractivity contribution is 6.77. The number of nitrogens with zero attached hydrogens (tertiary/aromatic N) is 1. The number of hydrogen-bond donors (Lipinski definition) is 0. The maximum atomic E-state index is 12.4. The number of allylic oxidation sites excluding steroid dienone is 1. The molecule has 1 aliphatic rings. The average Bonchev–Trinajstić information content (AvgIpc) is 2.50. The molecule has 0 aromatic heterocycles. The summed E-state index contributed by atoms with van der Waals surface area (Å²) in [6.45, 7) is 13.6. The van der Waals surface area contributed by atoms with Crippen LogP contribution in [0.1, 0.15) is 60.8 Å². The summed E-state index contributed by atoms with van der Waals surface area (Å²) in [5, 5.41) is 0. The quantitative estimate of drug-likeness (QED) is 0.489. The fourth-order valence-electron chi connectivity index (χ4n) is 4.34. The van der Waals surface area contributed by atoms with Gasteiger partial charge in [0.05, 0.1) is 18.4 Å². The van der Waals surface area contributed by atoms with Crippen molar-refractivity contribution in [3.8, 4) is 0 Å². The van der Waals surface area contributed by atoms with Gasteiger partial charge in [0.15, 0.2) is 0 Å². The molecule has 0 bridgehead atoms. The molecule has 0 fully saturated rings. The third kappa shape index (κ3) is 4.23. The lowest BCUT2D eigenvalue weighted by molar-refractivity contribution is -0.136. The Labute approximate surface area is 149 Å². The molecule has 1 rings (SSSR count). The minimum atomic E-state index is -2.04. The van der Waals surface area contributed by atoms with Crippen LogP contribution in [0.3, 0.4) is 0 Å². The number of esters is 1. The van der Waals surface area contributed by atoms with E-state index >= 15 is 0 Å². The molecule has 140 valence electrons. The first-order chi connectivity index (χ1) is 11.1. The minimum Gasteiger partial charge on any atom is -0.545 e. The Bertz CT molecular complexity index is 447. The topological polar surface area (TPSA) is 38.8 Å². The molecule has 1 unspecified atom stereocenters. The van der Waals surface area contributed by atoms with E-state index < -0.39 is 8.32 Å². The van der Waals surface area contributed by atoms with Crippen molar-refractivity contribution >= 4 is 14.3 Å². The molecular formula is C19H37NO3Si. The van der Waals surface area contributed by atoms with Crippen LogP contribution in [0.25, 0.3) is 0 Å². The van der Waals surface area contributed by atoms with Crippen LogP contribution in [0.2, 0.25) is 16.6 Å². The molecule has 0 radical (unpaired) electrons. The van der Waals surface area contributed by atoms with Crippen molar-refractivity contribution in [3.05, 3.63) is 11.3 Å². The average molecular weight is 356 g/mol. The van der Waals surface area contributed by atoms with Gasteiger partial charge in [-0.1, -0.05) is 41.5 Å². The van der Waals surface area contributed by atoms with Gasteiger partial charge in [-0.2, -0.15) is 0 Å². The largest absolute Gasteiger partial charge is 0.545 e. The molecule has 1 atom stereocenters. The normalized spacial score (nSPS) is 19.6. The zero-order valence-corrected chi connectivity index (χ0v) is 18.1. The SMILES string of the molecule is COC(=O)C1=C(O[Si](C(C)C)(C(C)C)C(C)C)CCC(N(C)C)C1. The van der Waals surface area contributed by atoms with E-state index in [1.165, 1.54) is 7.11 Å². The van der Waals surface area contributed by atoms with Gasteiger partial charge in [0.1, 0.15) is 0 Å². The van der Waals surface area contributed by atoms with Crippen molar-refractivity contribution in [2.45, 2.75) is 83.5 Å². The summed E-state index contributed by atoms with van der Waals surface area (Å²) >= 11 is 0. The predicted molar refractivity (Wildman–Crippen MR) is 103 cm³/mol. The van der Waals surface area contributed by atoms with Crippen LogP contribution < -0.4 is 0 Å². The number of methoxy groups -OCH3 is 1. The molecule has 24 heavy (non-hydrogen) atoms. The van der Waals surface area contributed by atoms with Crippen LogP contribution in [-0.2, 0) is 14.0 Å². The molecule has 0 N–H and O–H groups in total. The first-order valence-corrected chi connectivity index (χ1v) is 11.4. The van der Waals surface area contributed by atoms with Gasteiger partial charge in [0.25, 0.3) is 8.32 Å². The molecule has 0 saturated carbocycles. The van der Waals surface area contributed by atoms with Crippen LogP contribution in [0.5, 0.6) is 0 Å². The maximum absolute atomic E-state index is 12.4. The zero-order valence-electron chi connectivity index (χ0n) is 17.1. The van der Waals surface area contributed by atoms with Gasteiger partial charge in [-0.3, -0.25) is 0 Å². The van der Waals surface area contributed by atoms with E-state index in [1.54, 1.807) is 0 Å². The number of ether oxygens (including phenoxy) is 1. The summed E-state index contributed by atoms with van der Waals surface area (Å²) in [6, 6.07) is 0.375. The molecule has 0 spiro atoms. The zero-order chi connectivity index (χ0) is 18.7. The molecule has 0 saturated heterocycles. The fourth-order valence-corrected chi connectivity index (χ4v) is 9.70. The Morgan fingerprint density at radius 3 is 1.96 bits per heavy atom. The summed E-state index contributed by atoms with van der Waals surface area (Å²) in [6.07, 6.45) is 2.57. The number of carbonyl (C=O) groups is 1. The summed E-state index contributed by atoms with van der Waals surface area (Å²) in [5.41, 5.74) is 2.24. The van der Waals surface area contributed by atoms with Gasteiger partial charge in [0, 0.05) is 12.5 Å². The van der Waals surface area contributed by atoms with Gasteiger partial charge in [0.2, 0.25) is 0 Å². The second kappa shape index (κ2) is 8.52. The first kappa shape index (κ1) is 21.2. The molecule has 0 aliphatic heterocycles. The Kier molecular flexibility index (Phi) is 7.54. The molecule has 0 aromatic rings. The molecule has 4 nitrogen and oxygen atoms in total. The number of hydrogen-bond acceptors (Lipinski definition) is 4. The number of carbonyl (C=O) groups excluding carboxylic acids is 1. The number of rotatable bonds is 7. The Hall–Kier alpha value is -0.813. The minimum absolute atomic E-state index is 0.226. The highest BCUT2D eigenvalue weighted by Gasteiger charge is 2.48. The third-order valence-electron chi connectivity index (χ3n) is 5.65. The van der Waals surface area contributed by atoms with Gasteiger partial charge < -0.3 is 14.1 Å². The highest BCUT2D eigenvalue weighted by atomic mass is 28.4. The van der Waals surface area contributed by atoms with Gasteiger partial charge in [-0.25, -0.2) is 4.79 Å². The molecule has 1 aliphatic carbocycles. The second-order valence-corrected chi connectivity index (χ2v) is 13.5. The van der Waals surface area contributed by atoms with Crippen molar-refractivity contribution in [2.75, 3.05) is 21.2 Å². The van der Waals surface area contributed by atoms with E-state index in [0.717, 1.165) is 24.2 Å². The van der Waals surface area contributed by atoms with Crippen LogP contribution in [0.15, 0.2) is 11.3 Å². The second-order valence-electron chi connectivity index (χ2n) is 8.17. The van der Waals surface area contributed by atoms with Gasteiger partial charge >= 0.3 is 5.97 Å². The van der Waals surface area contributed by atoms with Crippen molar-refractivity contribution in [2.24, 2.45) is 0 Å². The van der Waals surface area contributed by atoms with Crippen LogP contribution in [0, 0.1) is 0 Å². The lowest BCUT2D eigenvalue weighted by atomic mass is 9.92. The molecule has 0 heterocycles. The highest BCUT2D eigenvalue weighted by Crippen LogP contribution is 2.45.